The minimum Gasteiger partial charge on any atom is -0.475 e. The van der Waals surface area contributed by atoms with Gasteiger partial charge in [-0.3, -0.25) is 0 Å². The van der Waals surface area contributed by atoms with Crippen LogP contribution in [-0.2, 0) is 4.74 Å². The number of thiazole rings is 1. The number of fused-ring (bicyclic) bond motifs is 1. The SMILES string of the molecule is CC(C)COC(=O)NC(C)(C)COc1ccc2ncsc2n1. The summed E-state index contributed by atoms with van der Waals surface area (Å²) in [4.78, 5) is 21.1. The Morgan fingerprint density at radius 2 is 2.18 bits per heavy atom. The predicted molar refractivity (Wildman–Crippen MR) is 86.3 cm³/mol. The van der Waals surface area contributed by atoms with Crippen LogP contribution in [0, 0.1) is 5.92 Å². The van der Waals surface area contributed by atoms with Crippen LogP contribution in [-0.4, -0.2) is 34.8 Å². The molecule has 120 valence electrons. The fourth-order valence-corrected chi connectivity index (χ4v) is 2.31. The molecule has 0 radical (unpaired) electrons. The molecule has 0 unspecified atom stereocenters. The molecule has 0 aliphatic carbocycles. The Balaban J connectivity index is 1.86. The van der Waals surface area contributed by atoms with Crippen molar-refractivity contribution in [1.29, 1.82) is 0 Å². The minimum absolute atomic E-state index is 0.293. The number of hydrogen-bond donors (Lipinski definition) is 1. The summed E-state index contributed by atoms with van der Waals surface area (Å²) in [5, 5.41) is 2.79. The molecule has 2 heterocycles. The summed E-state index contributed by atoms with van der Waals surface area (Å²) in [6, 6.07) is 3.64. The van der Waals surface area contributed by atoms with Crippen LogP contribution in [0.3, 0.4) is 0 Å². The maximum absolute atomic E-state index is 11.7. The zero-order valence-corrected chi connectivity index (χ0v) is 14.1. The summed E-state index contributed by atoms with van der Waals surface area (Å²) in [7, 11) is 0. The molecule has 2 aromatic heterocycles. The maximum Gasteiger partial charge on any atom is 0.407 e. The molecule has 0 aromatic carbocycles. The second-order valence-electron chi connectivity index (χ2n) is 6.12. The molecule has 2 rings (SSSR count). The number of rotatable bonds is 6. The van der Waals surface area contributed by atoms with Gasteiger partial charge in [-0.2, -0.15) is 0 Å². The molecule has 0 fully saturated rings. The number of nitrogens with zero attached hydrogens (tertiary/aromatic N) is 2. The number of nitrogens with one attached hydrogen (secondary N) is 1. The van der Waals surface area contributed by atoms with Gasteiger partial charge >= 0.3 is 6.09 Å². The lowest BCUT2D eigenvalue weighted by atomic mass is 10.1. The summed E-state index contributed by atoms with van der Waals surface area (Å²) in [5.41, 5.74) is 2.04. The van der Waals surface area contributed by atoms with Crippen LogP contribution >= 0.6 is 11.3 Å². The first kappa shape index (κ1) is 16.5. The lowest BCUT2D eigenvalue weighted by Gasteiger charge is -2.25. The van der Waals surface area contributed by atoms with Gasteiger partial charge in [0.05, 0.1) is 17.7 Å². The first-order valence-corrected chi connectivity index (χ1v) is 8.02. The van der Waals surface area contributed by atoms with Gasteiger partial charge in [-0.15, -0.1) is 11.3 Å². The van der Waals surface area contributed by atoms with Gasteiger partial charge in [0.1, 0.15) is 17.0 Å². The number of ether oxygens (including phenoxy) is 2. The van der Waals surface area contributed by atoms with Crippen molar-refractivity contribution in [3.63, 3.8) is 0 Å². The second-order valence-corrected chi connectivity index (χ2v) is 6.95. The number of hydrogen-bond acceptors (Lipinski definition) is 6. The van der Waals surface area contributed by atoms with Crippen LogP contribution < -0.4 is 10.1 Å². The van der Waals surface area contributed by atoms with Crippen LogP contribution in [0.4, 0.5) is 4.79 Å². The van der Waals surface area contributed by atoms with Crippen molar-refractivity contribution < 1.29 is 14.3 Å². The highest BCUT2D eigenvalue weighted by Gasteiger charge is 2.22. The smallest absolute Gasteiger partial charge is 0.407 e. The highest BCUT2D eigenvalue weighted by molar-refractivity contribution is 7.16. The van der Waals surface area contributed by atoms with Gasteiger partial charge in [0.15, 0.2) is 0 Å². The Kier molecular flexibility index (Phi) is 5.18. The summed E-state index contributed by atoms with van der Waals surface area (Å²) in [5.74, 6) is 0.822. The molecule has 0 bridgehead atoms. The second kappa shape index (κ2) is 6.91. The van der Waals surface area contributed by atoms with Crippen LogP contribution in [0.5, 0.6) is 5.88 Å². The molecule has 7 heteroatoms. The normalized spacial score (nSPS) is 11.7. The van der Waals surface area contributed by atoms with Crippen LogP contribution in [0.25, 0.3) is 10.3 Å². The average molecular weight is 323 g/mol. The van der Waals surface area contributed by atoms with Crippen LogP contribution in [0.1, 0.15) is 27.7 Å². The molecule has 6 nitrogen and oxygen atoms in total. The standard InChI is InChI=1S/C15H21N3O3S/c1-10(2)7-20-14(19)18-15(3,4)8-21-12-6-5-11-13(17-12)22-9-16-11/h5-6,9-10H,7-8H2,1-4H3,(H,18,19). The zero-order chi connectivity index (χ0) is 16.2. The molecule has 0 saturated carbocycles. The molecular weight excluding hydrogens is 302 g/mol. The molecule has 1 amide bonds. The van der Waals surface area contributed by atoms with Gasteiger partial charge in [0, 0.05) is 6.07 Å². The van der Waals surface area contributed by atoms with Crippen molar-refractivity contribution in [2.45, 2.75) is 33.2 Å². The molecule has 0 aliphatic rings. The number of amides is 1. The van der Waals surface area contributed by atoms with E-state index in [0.29, 0.717) is 25.0 Å². The first-order valence-electron chi connectivity index (χ1n) is 7.14. The monoisotopic (exact) mass is 323 g/mol. The number of carbonyl (C=O) groups is 1. The van der Waals surface area contributed by atoms with E-state index in [0.717, 1.165) is 10.3 Å². The molecular formula is C15H21N3O3S. The fraction of sp³-hybridized carbons (Fsp3) is 0.533. The van der Waals surface area contributed by atoms with Crippen LogP contribution in [0.2, 0.25) is 0 Å². The van der Waals surface area contributed by atoms with Crippen molar-refractivity contribution in [2.24, 2.45) is 5.92 Å². The molecule has 0 atom stereocenters. The topological polar surface area (TPSA) is 73.3 Å². The zero-order valence-electron chi connectivity index (χ0n) is 13.3. The van der Waals surface area contributed by atoms with Gasteiger partial charge in [0.2, 0.25) is 5.88 Å². The van der Waals surface area contributed by atoms with E-state index in [2.05, 4.69) is 15.3 Å². The molecule has 2 aromatic rings. The quantitative estimate of drug-likeness (QED) is 0.883. The van der Waals surface area contributed by atoms with E-state index in [-0.39, 0.29) is 0 Å². The van der Waals surface area contributed by atoms with Crippen molar-refractivity contribution in [3.05, 3.63) is 17.6 Å². The van der Waals surface area contributed by atoms with E-state index < -0.39 is 11.6 Å². The Bertz CT molecular complexity index is 640. The molecule has 0 saturated heterocycles. The summed E-state index contributed by atoms with van der Waals surface area (Å²) in [6.07, 6.45) is -0.437. The van der Waals surface area contributed by atoms with E-state index in [1.165, 1.54) is 11.3 Å². The highest BCUT2D eigenvalue weighted by Crippen LogP contribution is 2.19. The highest BCUT2D eigenvalue weighted by atomic mass is 32.1. The third-order valence-corrected chi connectivity index (χ3v) is 3.47. The molecule has 0 spiro atoms. The van der Waals surface area contributed by atoms with Gasteiger partial charge < -0.3 is 14.8 Å². The molecule has 1 N–H and O–H groups in total. The van der Waals surface area contributed by atoms with Gasteiger partial charge in [0.25, 0.3) is 0 Å². The molecule has 22 heavy (non-hydrogen) atoms. The van der Waals surface area contributed by atoms with Crippen molar-refractivity contribution in [3.8, 4) is 5.88 Å². The first-order chi connectivity index (χ1) is 10.4. The predicted octanol–water partition coefficient (Wildman–Crippen LogP) is 3.23. The third kappa shape index (κ3) is 4.84. The van der Waals surface area contributed by atoms with Crippen LogP contribution in [0.15, 0.2) is 17.6 Å². The van der Waals surface area contributed by atoms with E-state index in [1.54, 1.807) is 11.6 Å². The van der Waals surface area contributed by atoms with Gasteiger partial charge in [-0.05, 0) is 25.8 Å². The molecule has 0 aliphatic heterocycles. The van der Waals surface area contributed by atoms with E-state index in [4.69, 9.17) is 9.47 Å². The van der Waals surface area contributed by atoms with Crippen molar-refractivity contribution in [1.82, 2.24) is 15.3 Å². The Morgan fingerprint density at radius 3 is 2.91 bits per heavy atom. The van der Waals surface area contributed by atoms with Gasteiger partial charge in [-0.25, -0.2) is 14.8 Å². The number of carbonyl (C=O) groups excluding carboxylic acids is 1. The Labute approximate surface area is 133 Å². The Hall–Kier alpha value is -1.89. The largest absolute Gasteiger partial charge is 0.475 e. The third-order valence-electron chi connectivity index (χ3n) is 2.74. The average Bonchev–Trinajstić information content (AvgIpc) is 2.90. The van der Waals surface area contributed by atoms with E-state index in [1.807, 2.05) is 33.8 Å². The summed E-state index contributed by atoms with van der Waals surface area (Å²) >= 11 is 1.46. The van der Waals surface area contributed by atoms with Gasteiger partial charge in [-0.1, -0.05) is 13.8 Å². The lowest BCUT2D eigenvalue weighted by molar-refractivity contribution is 0.114. The number of alkyl carbamates (subject to hydrolysis) is 1. The van der Waals surface area contributed by atoms with E-state index in [9.17, 15) is 4.79 Å². The summed E-state index contributed by atoms with van der Waals surface area (Å²) in [6.45, 7) is 8.41. The fourth-order valence-electron chi connectivity index (χ4n) is 1.66. The lowest BCUT2D eigenvalue weighted by Crippen LogP contribution is -2.48. The maximum atomic E-state index is 11.7. The Morgan fingerprint density at radius 1 is 1.41 bits per heavy atom. The number of pyridine rings is 1. The summed E-state index contributed by atoms with van der Waals surface area (Å²) < 4.78 is 10.8. The van der Waals surface area contributed by atoms with Crippen molar-refractivity contribution in [2.75, 3.05) is 13.2 Å². The minimum atomic E-state index is -0.557. The van der Waals surface area contributed by atoms with Crippen molar-refractivity contribution >= 4 is 27.8 Å². The number of aromatic nitrogens is 2. The van der Waals surface area contributed by atoms with E-state index >= 15 is 0 Å².